The number of urea groups is 1. The van der Waals surface area contributed by atoms with Crippen molar-refractivity contribution in [2.45, 2.75) is 25.9 Å². The van der Waals surface area contributed by atoms with Gasteiger partial charge in [-0.25, -0.2) is 4.79 Å². The molecule has 0 aliphatic rings. The quantitative estimate of drug-likeness (QED) is 0.751. The highest BCUT2D eigenvalue weighted by Crippen LogP contribution is 2.12. The molecule has 0 aliphatic carbocycles. The lowest BCUT2D eigenvalue weighted by Crippen LogP contribution is -2.46. The lowest BCUT2D eigenvalue weighted by atomic mass is 10.1. The summed E-state index contributed by atoms with van der Waals surface area (Å²) < 4.78 is 5.30. The molecule has 0 radical (unpaired) electrons. The summed E-state index contributed by atoms with van der Waals surface area (Å²) in [5, 5.41) is 5.66. The van der Waals surface area contributed by atoms with Crippen LogP contribution in [0.25, 0.3) is 0 Å². The van der Waals surface area contributed by atoms with Gasteiger partial charge in [0.2, 0.25) is 5.91 Å². The normalized spacial score (nSPS) is 11.5. The third kappa shape index (κ3) is 6.75. The highest BCUT2D eigenvalue weighted by Gasteiger charge is 2.20. The lowest BCUT2D eigenvalue weighted by Gasteiger charge is -2.28. The Kier molecular flexibility index (Phi) is 7.82. The molecule has 0 saturated heterocycles. The van der Waals surface area contributed by atoms with Crippen molar-refractivity contribution in [3.05, 3.63) is 65.7 Å². The first-order valence-corrected chi connectivity index (χ1v) is 8.89. The Balaban J connectivity index is 1.95. The molecule has 144 valence electrons. The van der Waals surface area contributed by atoms with Crippen LogP contribution in [0.2, 0.25) is 0 Å². The van der Waals surface area contributed by atoms with E-state index in [1.165, 1.54) is 6.92 Å². The summed E-state index contributed by atoms with van der Waals surface area (Å²) in [6.45, 7) is 2.30. The van der Waals surface area contributed by atoms with Gasteiger partial charge < -0.3 is 20.3 Å². The molecule has 0 saturated carbocycles. The lowest BCUT2D eigenvalue weighted by molar-refractivity contribution is -0.114. The molecule has 6 heteroatoms. The molecule has 6 nitrogen and oxygen atoms in total. The maximum absolute atomic E-state index is 12.6. The third-order valence-electron chi connectivity index (χ3n) is 4.23. The predicted molar refractivity (Wildman–Crippen MR) is 107 cm³/mol. The molecule has 2 N–H and O–H groups in total. The van der Waals surface area contributed by atoms with Gasteiger partial charge in [-0.05, 0) is 29.7 Å². The van der Waals surface area contributed by atoms with Crippen LogP contribution in [0.5, 0.6) is 0 Å². The number of ether oxygens (including phenoxy) is 1. The van der Waals surface area contributed by atoms with E-state index in [2.05, 4.69) is 10.6 Å². The van der Waals surface area contributed by atoms with Gasteiger partial charge in [-0.15, -0.1) is 0 Å². The van der Waals surface area contributed by atoms with E-state index in [0.29, 0.717) is 18.8 Å². The van der Waals surface area contributed by atoms with Crippen molar-refractivity contribution in [2.24, 2.45) is 0 Å². The smallest absolute Gasteiger partial charge is 0.317 e. The van der Waals surface area contributed by atoms with Crippen molar-refractivity contribution in [3.63, 3.8) is 0 Å². The highest BCUT2D eigenvalue weighted by molar-refractivity contribution is 5.88. The van der Waals surface area contributed by atoms with Crippen LogP contribution >= 0.6 is 0 Å². The summed E-state index contributed by atoms with van der Waals surface area (Å²) in [4.78, 5) is 25.4. The van der Waals surface area contributed by atoms with Gasteiger partial charge >= 0.3 is 6.03 Å². The molecule has 0 spiro atoms. The number of hydrogen-bond acceptors (Lipinski definition) is 3. The standard InChI is InChI=1S/C21H27N3O3/c1-16(25)23-19-11-7-10-18(12-19)14-22-21(26)24(2)20(15-27-3)13-17-8-5-4-6-9-17/h4-12,20H,13-15H2,1-3H3,(H,22,26)(H,23,25)/t20-/m0/s1. The van der Waals surface area contributed by atoms with Gasteiger partial charge in [0.1, 0.15) is 0 Å². The first-order chi connectivity index (χ1) is 13.0. The molecule has 2 aromatic carbocycles. The van der Waals surface area contributed by atoms with Crippen LogP contribution in [0.3, 0.4) is 0 Å². The van der Waals surface area contributed by atoms with E-state index >= 15 is 0 Å². The van der Waals surface area contributed by atoms with Gasteiger partial charge in [-0.1, -0.05) is 42.5 Å². The molecule has 1 atom stereocenters. The Morgan fingerprint density at radius 2 is 1.78 bits per heavy atom. The number of carbonyl (C=O) groups excluding carboxylic acids is 2. The van der Waals surface area contributed by atoms with E-state index < -0.39 is 0 Å². The highest BCUT2D eigenvalue weighted by atomic mass is 16.5. The molecule has 2 rings (SSSR count). The van der Waals surface area contributed by atoms with Crippen LogP contribution in [-0.2, 0) is 22.5 Å². The monoisotopic (exact) mass is 369 g/mol. The van der Waals surface area contributed by atoms with Gasteiger partial charge in [0.05, 0.1) is 12.6 Å². The summed E-state index contributed by atoms with van der Waals surface area (Å²) in [6.07, 6.45) is 0.719. The molecular weight excluding hydrogens is 342 g/mol. The van der Waals surface area contributed by atoms with Crippen LogP contribution in [-0.4, -0.2) is 43.6 Å². The van der Waals surface area contributed by atoms with E-state index in [4.69, 9.17) is 4.74 Å². The van der Waals surface area contributed by atoms with E-state index in [-0.39, 0.29) is 18.0 Å². The number of amides is 3. The van der Waals surface area contributed by atoms with Crippen molar-refractivity contribution >= 4 is 17.6 Å². The van der Waals surface area contributed by atoms with Gasteiger partial charge in [0.25, 0.3) is 0 Å². The van der Waals surface area contributed by atoms with E-state index in [1.807, 2.05) is 54.6 Å². The molecule has 3 amide bonds. The van der Waals surface area contributed by atoms with Crippen LogP contribution in [0.1, 0.15) is 18.1 Å². The average Bonchev–Trinajstić information content (AvgIpc) is 2.66. The van der Waals surface area contributed by atoms with Crippen LogP contribution in [0.4, 0.5) is 10.5 Å². The fourth-order valence-corrected chi connectivity index (χ4v) is 2.82. The molecule has 0 heterocycles. The minimum atomic E-state index is -0.169. The maximum atomic E-state index is 12.6. The van der Waals surface area contributed by atoms with Gasteiger partial charge in [-0.3, -0.25) is 4.79 Å². The summed E-state index contributed by atoms with van der Waals surface area (Å²) >= 11 is 0. The van der Waals surface area contributed by atoms with Crippen molar-refractivity contribution in [1.82, 2.24) is 10.2 Å². The number of rotatable bonds is 8. The first kappa shape index (κ1) is 20.5. The Bertz CT molecular complexity index is 749. The SMILES string of the molecule is COC[C@H](Cc1ccccc1)N(C)C(=O)NCc1cccc(NC(C)=O)c1. The van der Waals surface area contributed by atoms with Crippen LogP contribution in [0, 0.1) is 0 Å². The second kappa shape index (κ2) is 10.3. The zero-order valence-corrected chi connectivity index (χ0v) is 16.1. The van der Waals surface area contributed by atoms with Gasteiger partial charge in [0.15, 0.2) is 0 Å². The van der Waals surface area contributed by atoms with Crippen LogP contribution in [0.15, 0.2) is 54.6 Å². The predicted octanol–water partition coefficient (Wildman–Crippen LogP) is 3.04. The molecule has 0 fully saturated rings. The first-order valence-electron chi connectivity index (χ1n) is 8.89. The Labute approximate surface area is 160 Å². The zero-order chi connectivity index (χ0) is 19.6. The van der Waals surface area contributed by atoms with Crippen molar-refractivity contribution < 1.29 is 14.3 Å². The molecule has 0 bridgehead atoms. The fourth-order valence-electron chi connectivity index (χ4n) is 2.82. The van der Waals surface area contributed by atoms with Crippen molar-refractivity contribution in [3.8, 4) is 0 Å². The Morgan fingerprint density at radius 3 is 2.44 bits per heavy atom. The summed E-state index contributed by atoms with van der Waals surface area (Å²) in [6, 6.07) is 17.2. The molecular formula is C21H27N3O3. The summed E-state index contributed by atoms with van der Waals surface area (Å²) in [7, 11) is 3.41. The second-order valence-electron chi connectivity index (χ2n) is 6.45. The molecule has 0 aromatic heterocycles. The topological polar surface area (TPSA) is 70.7 Å². The van der Waals surface area contributed by atoms with Crippen molar-refractivity contribution in [2.75, 3.05) is 26.1 Å². The minimum Gasteiger partial charge on any atom is -0.383 e. The molecule has 2 aromatic rings. The molecule has 0 aliphatic heterocycles. The summed E-state index contributed by atoms with van der Waals surface area (Å²) in [5.41, 5.74) is 2.78. The van der Waals surface area contributed by atoms with Crippen LogP contribution < -0.4 is 10.6 Å². The largest absolute Gasteiger partial charge is 0.383 e. The minimum absolute atomic E-state index is 0.0666. The number of nitrogens with one attached hydrogen (secondary N) is 2. The number of hydrogen-bond donors (Lipinski definition) is 2. The summed E-state index contributed by atoms with van der Waals surface area (Å²) in [5.74, 6) is -0.126. The number of benzene rings is 2. The average molecular weight is 369 g/mol. The Morgan fingerprint density at radius 1 is 1.07 bits per heavy atom. The van der Waals surface area contributed by atoms with E-state index in [0.717, 1.165) is 17.5 Å². The second-order valence-corrected chi connectivity index (χ2v) is 6.45. The number of methoxy groups -OCH3 is 1. The number of nitrogens with zero attached hydrogens (tertiary/aromatic N) is 1. The third-order valence-corrected chi connectivity index (χ3v) is 4.23. The molecule has 0 unspecified atom stereocenters. The van der Waals surface area contributed by atoms with Gasteiger partial charge in [0, 0.05) is 33.3 Å². The number of carbonyl (C=O) groups is 2. The zero-order valence-electron chi connectivity index (χ0n) is 16.1. The van der Waals surface area contributed by atoms with Crippen molar-refractivity contribution in [1.29, 1.82) is 0 Å². The van der Waals surface area contributed by atoms with E-state index in [1.54, 1.807) is 19.1 Å². The maximum Gasteiger partial charge on any atom is 0.317 e. The number of likely N-dealkylation sites (N-methyl/N-ethyl adjacent to an activating group) is 1. The number of anilines is 1. The Hall–Kier alpha value is -2.86. The van der Waals surface area contributed by atoms with Gasteiger partial charge in [-0.2, -0.15) is 0 Å². The molecule has 27 heavy (non-hydrogen) atoms. The van der Waals surface area contributed by atoms with E-state index in [9.17, 15) is 9.59 Å². The fraction of sp³-hybridized carbons (Fsp3) is 0.333.